The Morgan fingerprint density at radius 3 is 2.65 bits per heavy atom. The van der Waals surface area contributed by atoms with E-state index in [0.29, 0.717) is 15.9 Å². The highest BCUT2D eigenvalue weighted by Crippen LogP contribution is 2.26. The second-order valence-electron chi connectivity index (χ2n) is 5.98. The molecule has 6 nitrogen and oxygen atoms in total. The molecular weight excluding hydrogens is 276 g/mol. The molecule has 0 bridgehead atoms. The number of likely N-dealkylation sites (N-methyl/N-ethyl adjacent to an activating group) is 1. The first-order valence-corrected chi connectivity index (χ1v) is 7.40. The first-order valence-electron chi connectivity index (χ1n) is 6.58. The molecule has 0 radical (unpaired) electrons. The van der Waals surface area contributed by atoms with E-state index in [4.69, 9.17) is 5.73 Å². The lowest BCUT2D eigenvalue weighted by atomic mass is 10.1. The number of amides is 1. The van der Waals surface area contributed by atoms with E-state index in [2.05, 4.69) is 24.1 Å². The lowest BCUT2D eigenvalue weighted by molar-refractivity contribution is 0.0371. The molecule has 0 aliphatic heterocycles. The van der Waals surface area contributed by atoms with Crippen LogP contribution in [0, 0.1) is 5.92 Å². The number of thiazole rings is 1. The minimum absolute atomic E-state index is 0.222. The van der Waals surface area contributed by atoms with E-state index >= 15 is 0 Å². The zero-order valence-corrected chi connectivity index (χ0v) is 13.5. The largest absolute Gasteiger partial charge is 0.389 e. The van der Waals surface area contributed by atoms with Crippen molar-refractivity contribution in [2.24, 2.45) is 5.92 Å². The molecule has 0 fully saturated rings. The molecule has 0 saturated heterocycles. The third kappa shape index (κ3) is 4.97. The number of nitrogens with one attached hydrogen (secondary N) is 1. The van der Waals surface area contributed by atoms with Crippen LogP contribution in [0.1, 0.15) is 37.4 Å². The van der Waals surface area contributed by atoms with Crippen molar-refractivity contribution >= 4 is 28.2 Å². The summed E-state index contributed by atoms with van der Waals surface area (Å²) >= 11 is 1.24. The molecule has 1 aromatic rings. The second kappa shape index (κ2) is 6.41. The summed E-state index contributed by atoms with van der Waals surface area (Å²) in [5, 5.41) is 13.6. The highest BCUT2D eigenvalue weighted by Gasteiger charge is 2.24. The van der Waals surface area contributed by atoms with Crippen LogP contribution in [0.3, 0.4) is 0 Å². The molecular formula is C13H24N4O2S. The summed E-state index contributed by atoms with van der Waals surface area (Å²) < 4.78 is 0. The summed E-state index contributed by atoms with van der Waals surface area (Å²) in [6.07, 6.45) is 0. The number of carbonyl (C=O) groups excluding carboxylic acids is 1. The third-order valence-electron chi connectivity index (χ3n) is 2.48. The highest BCUT2D eigenvalue weighted by atomic mass is 32.1. The maximum Gasteiger partial charge on any atom is 0.267 e. The highest BCUT2D eigenvalue weighted by molar-refractivity contribution is 7.18. The van der Waals surface area contributed by atoms with Crippen molar-refractivity contribution in [3.8, 4) is 0 Å². The normalized spacial score (nSPS) is 11.8. The van der Waals surface area contributed by atoms with Gasteiger partial charge in [0, 0.05) is 20.1 Å². The molecule has 20 heavy (non-hydrogen) atoms. The maximum atomic E-state index is 12.3. The van der Waals surface area contributed by atoms with Gasteiger partial charge in [-0.3, -0.25) is 4.79 Å². The van der Waals surface area contributed by atoms with E-state index in [9.17, 15) is 9.90 Å². The number of anilines is 2. The molecule has 1 heterocycles. The maximum absolute atomic E-state index is 12.3. The number of rotatable bonds is 6. The summed E-state index contributed by atoms with van der Waals surface area (Å²) in [5.41, 5.74) is 4.86. The summed E-state index contributed by atoms with van der Waals surface area (Å²) in [7, 11) is 1.64. The zero-order valence-electron chi connectivity index (χ0n) is 12.7. The van der Waals surface area contributed by atoms with Crippen LogP contribution in [-0.4, -0.2) is 46.6 Å². The molecule has 4 N–H and O–H groups in total. The average molecular weight is 300 g/mol. The number of nitrogens with zero attached hydrogens (tertiary/aromatic N) is 2. The molecule has 1 rings (SSSR count). The average Bonchev–Trinajstić information content (AvgIpc) is 2.64. The Balaban J connectivity index is 2.78. The molecule has 0 unspecified atom stereocenters. The van der Waals surface area contributed by atoms with Crippen molar-refractivity contribution in [1.82, 2.24) is 9.88 Å². The first-order chi connectivity index (χ1) is 9.10. The summed E-state index contributed by atoms with van der Waals surface area (Å²) in [6, 6.07) is 0. The Labute approximate surface area is 124 Å². The Hall–Kier alpha value is -1.34. The number of hydrogen-bond acceptors (Lipinski definition) is 6. The van der Waals surface area contributed by atoms with Crippen molar-refractivity contribution in [1.29, 1.82) is 0 Å². The van der Waals surface area contributed by atoms with E-state index < -0.39 is 5.60 Å². The number of carbonyl (C=O) groups is 1. The van der Waals surface area contributed by atoms with Gasteiger partial charge in [0.05, 0.1) is 5.60 Å². The lowest BCUT2D eigenvalue weighted by Crippen LogP contribution is -2.39. The van der Waals surface area contributed by atoms with Gasteiger partial charge in [-0.15, -0.1) is 0 Å². The predicted octanol–water partition coefficient (Wildman–Crippen LogP) is 1.64. The van der Waals surface area contributed by atoms with E-state index in [0.717, 1.165) is 6.54 Å². The van der Waals surface area contributed by atoms with Gasteiger partial charge in [0.2, 0.25) is 0 Å². The Bertz CT molecular complexity index is 465. The summed E-state index contributed by atoms with van der Waals surface area (Å²) in [4.78, 5) is 18.3. The van der Waals surface area contributed by atoms with Crippen molar-refractivity contribution in [3.05, 3.63) is 4.88 Å². The molecule has 0 aliphatic rings. The number of aliphatic hydroxyl groups is 1. The Kier molecular flexibility index (Phi) is 5.35. The Morgan fingerprint density at radius 2 is 2.15 bits per heavy atom. The fraction of sp³-hybridized carbons (Fsp3) is 0.692. The van der Waals surface area contributed by atoms with Crippen molar-refractivity contribution in [3.63, 3.8) is 0 Å². The van der Waals surface area contributed by atoms with Crippen molar-refractivity contribution < 1.29 is 9.90 Å². The number of aromatic nitrogens is 1. The van der Waals surface area contributed by atoms with E-state index in [1.165, 1.54) is 16.2 Å². The molecule has 114 valence electrons. The topological polar surface area (TPSA) is 91.5 Å². The van der Waals surface area contributed by atoms with Gasteiger partial charge in [-0.2, -0.15) is 0 Å². The molecule has 1 amide bonds. The third-order valence-corrected chi connectivity index (χ3v) is 3.50. The van der Waals surface area contributed by atoms with Crippen LogP contribution in [-0.2, 0) is 0 Å². The quantitative estimate of drug-likeness (QED) is 0.743. The zero-order chi connectivity index (χ0) is 15.5. The van der Waals surface area contributed by atoms with Crippen LogP contribution in [0.5, 0.6) is 0 Å². The van der Waals surface area contributed by atoms with Crippen LogP contribution in [0.2, 0.25) is 0 Å². The molecule has 0 saturated carbocycles. The second-order valence-corrected chi connectivity index (χ2v) is 6.98. The van der Waals surface area contributed by atoms with Gasteiger partial charge in [-0.05, 0) is 19.8 Å². The first kappa shape index (κ1) is 16.7. The lowest BCUT2D eigenvalue weighted by Gasteiger charge is -2.25. The fourth-order valence-corrected chi connectivity index (χ4v) is 2.56. The van der Waals surface area contributed by atoms with Gasteiger partial charge in [-0.1, -0.05) is 25.2 Å². The molecule has 0 atom stereocenters. The summed E-state index contributed by atoms with van der Waals surface area (Å²) in [5.74, 6) is 0.491. The van der Waals surface area contributed by atoms with Gasteiger partial charge in [0.25, 0.3) is 5.91 Å². The van der Waals surface area contributed by atoms with Gasteiger partial charge < -0.3 is 21.1 Å². The molecule has 0 spiro atoms. The van der Waals surface area contributed by atoms with Crippen LogP contribution >= 0.6 is 11.3 Å². The van der Waals surface area contributed by atoms with Crippen LogP contribution in [0.4, 0.5) is 10.9 Å². The predicted molar refractivity (Wildman–Crippen MR) is 83.1 cm³/mol. The minimum atomic E-state index is -0.942. The van der Waals surface area contributed by atoms with Gasteiger partial charge in [-0.25, -0.2) is 4.98 Å². The molecule has 7 heteroatoms. The van der Waals surface area contributed by atoms with Crippen LogP contribution in [0.25, 0.3) is 0 Å². The van der Waals surface area contributed by atoms with Gasteiger partial charge in [0.15, 0.2) is 5.13 Å². The number of nitrogens with two attached hydrogens (primary N) is 1. The smallest absolute Gasteiger partial charge is 0.267 e. The van der Waals surface area contributed by atoms with E-state index in [-0.39, 0.29) is 18.3 Å². The number of hydrogen-bond donors (Lipinski definition) is 3. The fourth-order valence-electron chi connectivity index (χ4n) is 1.68. The standard InChI is InChI=1S/C13H24N4O2S/c1-8(2)6-15-12-16-10(14)9(20-12)11(18)17(5)7-13(3,4)19/h8,19H,6-7,14H2,1-5H3,(H,15,16). The monoisotopic (exact) mass is 300 g/mol. The minimum Gasteiger partial charge on any atom is -0.389 e. The number of nitrogen functional groups attached to an aromatic ring is 1. The van der Waals surface area contributed by atoms with Crippen LogP contribution in [0.15, 0.2) is 0 Å². The van der Waals surface area contributed by atoms with Crippen molar-refractivity contribution in [2.45, 2.75) is 33.3 Å². The van der Waals surface area contributed by atoms with E-state index in [1.54, 1.807) is 20.9 Å². The van der Waals surface area contributed by atoms with Crippen LogP contribution < -0.4 is 11.1 Å². The van der Waals surface area contributed by atoms with Crippen molar-refractivity contribution in [2.75, 3.05) is 31.2 Å². The summed E-state index contributed by atoms with van der Waals surface area (Å²) in [6.45, 7) is 8.50. The molecule has 0 aromatic carbocycles. The van der Waals surface area contributed by atoms with Gasteiger partial charge >= 0.3 is 0 Å². The van der Waals surface area contributed by atoms with E-state index in [1.807, 2.05) is 0 Å². The Morgan fingerprint density at radius 1 is 1.55 bits per heavy atom. The molecule has 1 aromatic heterocycles. The van der Waals surface area contributed by atoms with Gasteiger partial charge in [0.1, 0.15) is 10.7 Å². The molecule has 0 aliphatic carbocycles. The SMILES string of the molecule is CC(C)CNc1nc(N)c(C(=O)N(C)CC(C)(C)O)s1.